The molecule has 0 N–H and O–H groups in total. The summed E-state index contributed by atoms with van der Waals surface area (Å²) in [6.07, 6.45) is 0.605. The minimum Gasteiger partial charge on any atom is -0.339 e. The van der Waals surface area contributed by atoms with Gasteiger partial charge in [0.1, 0.15) is 0 Å². The van der Waals surface area contributed by atoms with Crippen LogP contribution in [0.1, 0.15) is 36.7 Å². The summed E-state index contributed by atoms with van der Waals surface area (Å²) in [4.78, 5) is 4.38. The number of aromatic nitrogens is 2. The average Bonchev–Trinajstić information content (AvgIpc) is 2.87. The van der Waals surface area contributed by atoms with Gasteiger partial charge >= 0.3 is 0 Å². The summed E-state index contributed by atoms with van der Waals surface area (Å²) in [5.74, 6) is 3.92. The first-order valence-corrected chi connectivity index (χ1v) is 7.71. The molecule has 4 nitrogen and oxygen atoms in total. The molecule has 5 heteroatoms. The molecule has 0 saturated carbocycles. The van der Waals surface area contributed by atoms with Gasteiger partial charge in [0.2, 0.25) is 5.89 Å². The van der Waals surface area contributed by atoms with Crippen LogP contribution in [0.25, 0.3) is 0 Å². The molecule has 0 spiro atoms. The first-order chi connectivity index (χ1) is 9.67. The van der Waals surface area contributed by atoms with Gasteiger partial charge in [0.05, 0.1) is 23.8 Å². The van der Waals surface area contributed by atoms with Gasteiger partial charge < -0.3 is 4.52 Å². The van der Waals surface area contributed by atoms with Crippen LogP contribution in [0.15, 0.2) is 28.8 Å². The summed E-state index contributed by atoms with van der Waals surface area (Å²) in [7, 11) is 0. The van der Waals surface area contributed by atoms with E-state index in [1.165, 1.54) is 0 Å². The molecule has 104 valence electrons. The largest absolute Gasteiger partial charge is 0.339 e. The van der Waals surface area contributed by atoms with Crippen molar-refractivity contribution in [3.8, 4) is 6.07 Å². The molecule has 0 atom stereocenters. The summed E-state index contributed by atoms with van der Waals surface area (Å²) in [6.45, 7) is 4.39. The Morgan fingerprint density at radius 3 is 2.70 bits per heavy atom. The highest BCUT2D eigenvalue weighted by molar-refractivity contribution is 7.98. The van der Waals surface area contributed by atoms with Crippen LogP contribution in [0.3, 0.4) is 0 Å². The fourth-order valence-corrected chi connectivity index (χ4v) is 2.57. The van der Waals surface area contributed by atoms with E-state index in [4.69, 9.17) is 9.78 Å². The van der Waals surface area contributed by atoms with E-state index < -0.39 is 0 Å². The lowest BCUT2D eigenvalue weighted by Gasteiger charge is -2.00. The van der Waals surface area contributed by atoms with E-state index in [0.29, 0.717) is 23.8 Å². The molecule has 0 aliphatic rings. The van der Waals surface area contributed by atoms with Gasteiger partial charge in [-0.25, -0.2) is 0 Å². The molecule has 1 aromatic carbocycles. The second-order valence-corrected chi connectivity index (χ2v) is 6.03. The van der Waals surface area contributed by atoms with Gasteiger partial charge in [-0.3, -0.25) is 0 Å². The molecule has 1 heterocycles. The molecule has 0 saturated heterocycles. The fourth-order valence-electron chi connectivity index (χ4n) is 1.68. The van der Waals surface area contributed by atoms with Crippen molar-refractivity contribution in [2.45, 2.75) is 26.0 Å². The van der Waals surface area contributed by atoms with E-state index in [0.717, 1.165) is 22.9 Å². The predicted octanol–water partition coefficient (Wildman–Crippen LogP) is 3.42. The van der Waals surface area contributed by atoms with Gasteiger partial charge in [-0.05, 0) is 29.4 Å². The first-order valence-electron chi connectivity index (χ1n) is 6.55. The third-order valence-corrected chi connectivity index (χ3v) is 4.00. The van der Waals surface area contributed by atoms with E-state index in [9.17, 15) is 0 Å². The Morgan fingerprint density at radius 2 is 2.05 bits per heavy atom. The van der Waals surface area contributed by atoms with Crippen molar-refractivity contribution in [2.75, 3.05) is 5.75 Å². The van der Waals surface area contributed by atoms with Crippen molar-refractivity contribution in [1.82, 2.24) is 10.1 Å². The molecule has 2 rings (SSSR count). The highest BCUT2D eigenvalue weighted by atomic mass is 32.2. The van der Waals surface area contributed by atoms with Gasteiger partial charge in [-0.1, -0.05) is 31.1 Å². The minimum absolute atomic E-state index is 0.605. The Bertz CT molecular complexity index is 584. The standard InChI is InChI=1S/C15H17N3OS/c1-11(2)9-20-10-14-17-15(19-18-14)7-12-3-5-13(8-16)6-4-12/h3-6,11H,7,9-10H2,1-2H3. The number of thioether (sulfide) groups is 1. The Balaban J connectivity index is 1.90. The van der Waals surface area contributed by atoms with Crippen LogP contribution in [0, 0.1) is 17.2 Å². The molecule has 0 unspecified atom stereocenters. The number of nitriles is 1. The quantitative estimate of drug-likeness (QED) is 0.814. The molecule has 0 bridgehead atoms. The molecule has 1 aromatic heterocycles. The van der Waals surface area contributed by atoms with Gasteiger partial charge in [-0.15, -0.1) is 0 Å². The summed E-state index contributed by atoms with van der Waals surface area (Å²) in [5.41, 5.74) is 1.72. The van der Waals surface area contributed by atoms with E-state index in [-0.39, 0.29) is 0 Å². The highest BCUT2D eigenvalue weighted by Gasteiger charge is 2.07. The van der Waals surface area contributed by atoms with Crippen molar-refractivity contribution < 1.29 is 4.52 Å². The van der Waals surface area contributed by atoms with Crippen LogP contribution in [0.5, 0.6) is 0 Å². The Labute approximate surface area is 123 Å². The van der Waals surface area contributed by atoms with Crippen LogP contribution in [-0.4, -0.2) is 15.9 Å². The van der Waals surface area contributed by atoms with Gasteiger partial charge in [-0.2, -0.15) is 22.0 Å². The van der Waals surface area contributed by atoms with Crippen molar-refractivity contribution in [1.29, 1.82) is 5.26 Å². The topological polar surface area (TPSA) is 62.7 Å². The molecule has 0 radical (unpaired) electrons. The molecule has 0 fully saturated rings. The van der Waals surface area contributed by atoms with Gasteiger partial charge in [0.15, 0.2) is 5.82 Å². The van der Waals surface area contributed by atoms with E-state index in [1.807, 2.05) is 23.9 Å². The van der Waals surface area contributed by atoms with Crippen molar-refractivity contribution >= 4 is 11.8 Å². The van der Waals surface area contributed by atoms with Crippen molar-refractivity contribution in [3.63, 3.8) is 0 Å². The Morgan fingerprint density at radius 1 is 1.30 bits per heavy atom. The van der Waals surface area contributed by atoms with Gasteiger partial charge in [0.25, 0.3) is 0 Å². The zero-order valence-electron chi connectivity index (χ0n) is 11.7. The lowest BCUT2D eigenvalue weighted by molar-refractivity contribution is 0.381. The summed E-state index contributed by atoms with van der Waals surface area (Å²) >= 11 is 1.82. The summed E-state index contributed by atoms with van der Waals surface area (Å²) < 4.78 is 5.24. The Hall–Kier alpha value is -1.80. The van der Waals surface area contributed by atoms with E-state index in [2.05, 4.69) is 30.1 Å². The van der Waals surface area contributed by atoms with E-state index >= 15 is 0 Å². The zero-order valence-corrected chi connectivity index (χ0v) is 12.5. The maximum atomic E-state index is 8.75. The third kappa shape index (κ3) is 4.39. The van der Waals surface area contributed by atoms with Gasteiger partial charge in [0, 0.05) is 0 Å². The number of hydrogen-bond acceptors (Lipinski definition) is 5. The fraction of sp³-hybridized carbons (Fsp3) is 0.400. The minimum atomic E-state index is 0.605. The van der Waals surface area contributed by atoms with Crippen LogP contribution in [0.2, 0.25) is 0 Å². The summed E-state index contributed by atoms with van der Waals surface area (Å²) in [5, 5.41) is 12.7. The predicted molar refractivity (Wildman–Crippen MR) is 79.3 cm³/mol. The monoisotopic (exact) mass is 287 g/mol. The molecule has 0 aliphatic heterocycles. The van der Waals surface area contributed by atoms with Crippen molar-refractivity contribution in [3.05, 3.63) is 47.1 Å². The number of benzene rings is 1. The van der Waals surface area contributed by atoms with Crippen LogP contribution < -0.4 is 0 Å². The molecule has 2 aromatic rings. The maximum Gasteiger partial charge on any atom is 0.231 e. The van der Waals surface area contributed by atoms with Crippen LogP contribution in [0.4, 0.5) is 0 Å². The number of rotatable bonds is 6. The average molecular weight is 287 g/mol. The summed E-state index contributed by atoms with van der Waals surface area (Å²) in [6, 6.07) is 9.52. The molecule has 0 aliphatic carbocycles. The van der Waals surface area contributed by atoms with Crippen LogP contribution >= 0.6 is 11.8 Å². The Kier molecular flexibility index (Phi) is 5.19. The molecular formula is C15H17N3OS. The van der Waals surface area contributed by atoms with Crippen molar-refractivity contribution in [2.24, 2.45) is 5.92 Å². The maximum absolute atomic E-state index is 8.75. The first kappa shape index (κ1) is 14.6. The molecular weight excluding hydrogens is 270 g/mol. The zero-order chi connectivity index (χ0) is 14.4. The van der Waals surface area contributed by atoms with Crippen LogP contribution in [-0.2, 0) is 12.2 Å². The normalized spacial score (nSPS) is 10.7. The molecule has 20 heavy (non-hydrogen) atoms. The lowest BCUT2D eigenvalue weighted by atomic mass is 10.1. The smallest absolute Gasteiger partial charge is 0.231 e. The second kappa shape index (κ2) is 7.11. The SMILES string of the molecule is CC(C)CSCc1noc(Cc2ccc(C#N)cc2)n1. The lowest BCUT2D eigenvalue weighted by Crippen LogP contribution is -1.93. The molecule has 0 amide bonds. The second-order valence-electron chi connectivity index (χ2n) is 5.00. The highest BCUT2D eigenvalue weighted by Crippen LogP contribution is 2.14. The van der Waals surface area contributed by atoms with E-state index in [1.54, 1.807) is 12.1 Å². The number of hydrogen-bond donors (Lipinski definition) is 0. The number of nitrogens with zero attached hydrogens (tertiary/aromatic N) is 3. The third-order valence-electron chi connectivity index (χ3n) is 2.63.